The third-order valence-electron chi connectivity index (χ3n) is 2.49. The molecule has 98 valence electrons. The zero-order chi connectivity index (χ0) is 13.7. The van der Waals surface area contributed by atoms with Gasteiger partial charge in [-0.1, -0.05) is 12.1 Å². The summed E-state index contributed by atoms with van der Waals surface area (Å²) in [7, 11) is 0. The Kier molecular flexibility index (Phi) is 3.87. The number of carbonyl (C=O) groups excluding carboxylic acids is 1. The van der Waals surface area contributed by atoms with Crippen molar-refractivity contribution in [3.8, 4) is 0 Å². The standard InChI is InChI=1S/C12H12N4O3/c17-12(15-8-11-13-4-5-14-11)7-9-2-1-3-10(6-9)16(18)19/h1-6H,7-8H2,(H,13,14)(H,15,17). The number of non-ortho nitro benzene ring substituents is 1. The van der Waals surface area contributed by atoms with Crippen LogP contribution in [0, 0.1) is 10.1 Å². The van der Waals surface area contributed by atoms with E-state index in [1.165, 1.54) is 12.1 Å². The van der Waals surface area contributed by atoms with E-state index >= 15 is 0 Å². The van der Waals surface area contributed by atoms with Gasteiger partial charge in [0.1, 0.15) is 5.82 Å². The Balaban J connectivity index is 1.91. The SMILES string of the molecule is O=C(Cc1cccc([N+](=O)[O-])c1)NCc1ncc[nH]1. The molecule has 2 rings (SSSR count). The fourth-order valence-corrected chi connectivity index (χ4v) is 1.60. The number of nitrogens with one attached hydrogen (secondary N) is 2. The Bertz CT molecular complexity index is 580. The van der Waals surface area contributed by atoms with Gasteiger partial charge < -0.3 is 10.3 Å². The van der Waals surface area contributed by atoms with E-state index in [1.54, 1.807) is 24.5 Å². The highest BCUT2D eigenvalue weighted by Crippen LogP contribution is 2.13. The number of imidazole rings is 1. The Hall–Kier alpha value is -2.70. The molecule has 19 heavy (non-hydrogen) atoms. The van der Waals surface area contributed by atoms with Crippen molar-refractivity contribution in [2.45, 2.75) is 13.0 Å². The van der Waals surface area contributed by atoms with Crippen molar-refractivity contribution in [2.75, 3.05) is 0 Å². The molecule has 0 radical (unpaired) electrons. The van der Waals surface area contributed by atoms with Crippen LogP contribution in [0.2, 0.25) is 0 Å². The minimum atomic E-state index is -0.482. The Morgan fingerprint density at radius 1 is 1.47 bits per heavy atom. The number of hydrogen-bond donors (Lipinski definition) is 2. The molecule has 0 saturated carbocycles. The van der Waals surface area contributed by atoms with Crippen LogP contribution in [0.1, 0.15) is 11.4 Å². The number of nitrogens with zero attached hydrogens (tertiary/aromatic N) is 2. The van der Waals surface area contributed by atoms with E-state index in [4.69, 9.17) is 0 Å². The van der Waals surface area contributed by atoms with Crippen LogP contribution in [0.3, 0.4) is 0 Å². The average Bonchev–Trinajstić information content (AvgIpc) is 2.90. The van der Waals surface area contributed by atoms with Crippen LogP contribution >= 0.6 is 0 Å². The van der Waals surface area contributed by atoms with E-state index in [0.717, 1.165) is 0 Å². The van der Waals surface area contributed by atoms with Crippen molar-refractivity contribution in [3.05, 3.63) is 58.2 Å². The summed E-state index contributed by atoms with van der Waals surface area (Å²) in [5.41, 5.74) is 0.586. The number of benzene rings is 1. The predicted molar refractivity (Wildman–Crippen MR) is 67.2 cm³/mol. The summed E-state index contributed by atoms with van der Waals surface area (Å²) in [5, 5.41) is 13.3. The molecule has 2 N–H and O–H groups in total. The van der Waals surface area contributed by atoms with Gasteiger partial charge in [-0.3, -0.25) is 14.9 Å². The quantitative estimate of drug-likeness (QED) is 0.622. The molecule has 1 aromatic carbocycles. The van der Waals surface area contributed by atoms with E-state index in [9.17, 15) is 14.9 Å². The van der Waals surface area contributed by atoms with Gasteiger partial charge in [-0.15, -0.1) is 0 Å². The lowest BCUT2D eigenvalue weighted by Gasteiger charge is -2.03. The molecule has 1 heterocycles. The van der Waals surface area contributed by atoms with E-state index < -0.39 is 4.92 Å². The smallest absolute Gasteiger partial charge is 0.269 e. The molecular formula is C12H12N4O3. The van der Waals surface area contributed by atoms with Gasteiger partial charge in [-0.2, -0.15) is 0 Å². The van der Waals surface area contributed by atoms with Crippen molar-refractivity contribution in [1.29, 1.82) is 0 Å². The van der Waals surface area contributed by atoms with Crippen molar-refractivity contribution in [2.24, 2.45) is 0 Å². The fourth-order valence-electron chi connectivity index (χ4n) is 1.60. The highest BCUT2D eigenvalue weighted by atomic mass is 16.6. The first-order valence-electron chi connectivity index (χ1n) is 5.63. The molecule has 0 bridgehead atoms. The number of amides is 1. The summed E-state index contributed by atoms with van der Waals surface area (Å²) in [6.07, 6.45) is 3.37. The maximum absolute atomic E-state index is 11.7. The molecular weight excluding hydrogens is 248 g/mol. The second kappa shape index (κ2) is 5.76. The lowest BCUT2D eigenvalue weighted by atomic mass is 10.1. The first-order chi connectivity index (χ1) is 9.15. The molecule has 0 saturated heterocycles. The summed E-state index contributed by atoms with van der Waals surface area (Å²) in [5.74, 6) is 0.448. The predicted octanol–water partition coefficient (Wildman–Crippen LogP) is 1.18. The molecule has 0 atom stereocenters. The van der Waals surface area contributed by atoms with Gasteiger partial charge >= 0.3 is 0 Å². The summed E-state index contributed by atoms with van der Waals surface area (Å²) < 4.78 is 0. The van der Waals surface area contributed by atoms with Gasteiger partial charge in [-0.25, -0.2) is 4.98 Å². The second-order valence-corrected chi connectivity index (χ2v) is 3.92. The van der Waals surface area contributed by atoms with Crippen molar-refractivity contribution >= 4 is 11.6 Å². The van der Waals surface area contributed by atoms with Crippen LogP contribution in [-0.2, 0) is 17.8 Å². The third kappa shape index (κ3) is 3.63. The van der Waals surface area contributed by atoms with Crippen LogP contribution < -0.4 is 5.32 Å². The lowest BCUT2D eigenvalue weighted by Crippen LogP contribution is -2.25. The number of carbonyl (C=O) groups is 1. The van der Waals surface area contributed by atoms with Gasteiger partial charge in [0.05, 0.1) is 17.9 Å². The highest BCUT2D eigenvalue weighted by Gasteiger charge is 2.09. The first-order valence-corrected chi connectivity index (χ1v) is 5.63. The molecule has 2 aromatic rings. The Morgan fingerprint density at radius 2 is 2.32 bits per heavy atom. The molecule has 0 aliphatic carbocycles. The number of rotatable bonds is 5. The van der Waals surface area contributed by atoms with Crippen LogP contribution in [0.25, 0.3) is 0 Å². The monoisotopic (exact) mass is 260 g/mol. The zero-order valence-electron chi connectivity index (χ0n) is 10.00. The van der Waals surface area contributed by atoms with Gasteiger partial charge in [0.25, 0.3) is 5.69 Å². The van der Waals surface area contributed by atoms with Crippen molar-refractivity contribution in [3.63, 3.8) is 0 Å². The Morgan fingerprint density at radius 3 is 3.00 bits per heavy atom. The van der Waals surface area contributed by atoms with Gasteiger partial charge in [-0.05, 0) is 5.56 Å². The van der Waals surface area contributed by atoms with Crippen LogP contribution in [0.5, 0.6) is 0 Å². The molecule has 0 aliphatic heterocycles. The molecule has 0 aliphatic rings. The van der Waals surface area contributed by atoms with Gasteiger partial charge in [0.15, 0.2) is 0 Å². The van der Waals surface area contributed by atoms with E-state index in [-0.39, 0.29) is 18.0 Å². The summed E-state index contributed by atoms with van der Waals surface area (Å²) in [6.45, 7) is 0.306. The van der Waals surface area contributed by atoms with E-state index in [0.29, 0.717) is 17.9 Å². The average molecular weight is 260 g/mol. The minimum absolute atomic E-state index is 0.0173. The number of aromatic amines is 1. The summed E-state index contributed by atoms with van der Waals surface area (Å²) >= 11 is 0. The maximum Gasteiger partial charge on any atom is 0.269 e. The molecule has 1 aromatic heterocycles. The maximum atomic E-state index is 11.7. The zero-order valence-corrected chi connectivity index (χ0v) is 10.00. The molecule has 0 unspecified atom stereocenters. The van der Waals surface area contributed by atoms with Gasteiger partial charge in [0, 0.05) is 24.5 Å². The third-order valence-corrected chi connectivity index (χ3v) is 2.49. The first kappa shape index (κ1) is 12.7. The minimum Gasteiger partial charge on any atom is -0.349 e. The molecule has 0 spiro atoms. The van der Waals surface area contributed by atoms with E-state index in [1.807, 2.05) is 0 Å². The largest absolute Gasteiger partial charge is 0.349 e. The number of nitro benzene ring substituents is 1. The number of nitro groups is 1. The van der Waals surface area contributed by atoms with Crippen molar-refractivity contribution in [1.82, 2.24) is 15.3 Å². The number of hydrogen-bond acceptors (Lipinski definition) is 4. The summed E-state index contributed by atoms with van der Waals surface area (Å²) in [6, 6.07) is 6.03. The fraction of sp³-hybridized carbons (Fsp3) is 0.167. The second-order valence-electron chi connectivity index (χ2n) is 3.92. The molecule has 0 fully saturated rings. The van der Waals surface area contributed by atoms with Crippen LogP contribution in [0.4, 0.5) is 5.69 Å². The summed E-state index contributed by atoms with van der Waals surface area (Å²) in [4.78, 5) is 28.6. The topological polar surface area (TPSA) is 101 Å². The van der Waals surface area contributed by atoms with Crippen LogP contribution in [0.15, 0.2) is 36.7 Å². The lowest BCUT2D eigenvalue weighted by molar-refractivity contribution is -0.384. The molecule has 7 heteroatoms. The van der Waals surface area contributed by atoms with Crippen LogP contribution in [-0.4, -0.2) is 20.8 Å². The number of aromatic nitrogens is 2. The normalized spacial score (nSPS) is 10.1. The van der Waals surface area contributed by atoms with E-state index in [2.05, 4.69) is 15.3 Å². The van der Waals surface area contributed by atoms with Crippen molar-refractivity contribution < 1.29 is 9.72 Å². The molecule has 1 amide bonds. The van der Waals surface area contributed by atoms with Gasteiger partial charge in [0.2, 0.25) is 5.91 Å². The number of H-pyrrole nitrogens is 1. The highest BCUT2D eigenvalue weighted by molar-refractivity contribution is 5.78. The Labute approximate surface area is 108 Å². The molecule has 7 nitrogen and oxygen atoms in total.